The number of amides is 1. The third-order valence-corrected chi connectivity index (χ3v) is 8.92. The number of halogens is 3. The zero-order valence-electron chi connectivity index (χ0n) is 29.4. The quantitative estimate of drug-likeness (QED) is 0.0780. The Morgan fingerprint density at radius 3 is 2.42 bits per heavy atom. The lowest BCUT2D eigenvalue weighted by atomic mass is 10.0. The first-order valence-electron chi connectivity index (χ1n) is 17.6. The summed E-state index contributed by atoms with van der Waals surface area (Å²) >= 11 is 0. The number of fused-ring (bicyclic) bond motifs is 1. The summed E-state index contributed by atoms with van der Waals surface area (Å²) in [5.74, 6) is 6.01. The molecule has 0 bridgehead atoms. The highest BCUT2D eigenvalue weighted by atomic mass is 19.4. The Morgan fingerprint density at radius 1 is 0.980 bits per heavy atom. The van der Waals surface area contributed by atoms with Gasteiger partial charge in [-0.2, -0.15) is 13.2 Å². The highest BCUT2D eigenvalue weighted by Crippen LogP contribution is 2.31. The Balaban J connectivity index is 1.32. The Labute approximate surface area is 293 Å². The fraction of sp³-hybridized carbons (Fsp3) is 0.526. The van der Waals surface area contributed by atoms with E-state index in [4.69, 9.17) is 9.47 Å². The van der Waals surface area contributed by atoms with Gasteiger partial charge in [0.1, 0.15) is 12.3 Å². The van der Waals surface area contributed by atoms with Gasteiger partial charge in [0.15, 0.2) is 0 Å². The van der Waals surface area contributed by atoms with E-state index >= 15 is 0 Å². The maximum Gasteiger partial charge on any atom is 0.406 e. The molecule has 9 nitrogen and oxygen atoms in total. The highest BCUT2D eigenvalue weighted by Gasteiger charge is 2.30. The van der Waals surface area contributed by atoms with Crippen LogP contribution in [0.15, 0.2) is 42.5 Å². The van der Waals surface area contributed by atoms with E-state index in [1.807, 2.05) is 13.0 Å². The van der Waals surface area contributed by atoms with Crippen LogP contribution in [-0.4, -0.2) is 80.5 Å². The normalized spacial score (nSPS) is 13.8. The first-order chi connectivity index (χ1) is 24.1. The standard InChI is InChI=1S/C38H50F3N5O4/c1-4-50-36(47)16-9-7-5-6-8-10-22-45-23-19-29(20-24-45)44-32-14-11-15-34-31(32)26-30(46(34)27-38(39,40)41)13-12-21-43-33-18-17-28(37(48)42-2)25-35(33)49-3/h11,14-15,17-18,25-26,29,43-44H,4-10,16,19-24,27H2,1-3H3,(H,42,48). The molecule has 3 aromatic rings. The molecule has 1 amide bonds. The number of rotatable bonds is 17. The molecule has 0 spiro atoms. The molecule has 2 aromatic carbocycles. The number of likely N-dealkylation sites (tertiary alicyclic amines) is 1. The van der Waals surface area contributed by atoms with Crippen LogP contribution in [0.3, 0.4) is 0 Å². The van der Waals surface area contributed by atoms with E-state index in [2.05, 4.69) is 32.7 Å². The third-order valence-electron chi connectivity index (χ3n) is 8.92. The van der Waals surface area contributed by atoms with Crippen molar-refractivity contribution in [2.45, 2.75) is 83.5 Å². The van der Waals surface area contributed by atoms with E-state index in [0.717, 1.165) is 63.8 Å². The van der Waals surface area contributed by atoms with Gasteiger partial charge in [0.05, 0.1) is 37.2 Å². The van der Waals surface area contributed by atoms with Crippen molar-refractivity contribution in [1.29, 1.82) is 0 Å². The van der Waals surface area contributed by atoms with Gasteiger partial charge in [-0.25, -0.2) is 0 Å². The molecule has 12 heteroatoms. The van der Waals surface area contributed by atoms with E-state index in [1.54, 1.807) is 43.4 Å². The van der Waals surface area contributed by atoms with Crippen LogP contribution in [-0.2, 0) is 16.1 Å². The fourth-order valence-corrected chi connectivity index (χ4v) is 6.33. The summed E-state index contributed by atoms with van der Waals surface area (Å²) in [5.41, 5.74) is 2.63. The maximum absolute atomic E-state index is 13.7. The molecule has 50 heavy (non-hydrogen) atoms. The monoisotopic (exact) mass is 697 g/mol. The molecule has 3 N–H and O–H groups in total. The number of carbonyl (C=O) groups is 2. The summed E-state index contributed by atoms with van der Waals surface area (Å²) < 4.78 is 52.8. The molecule has 2 heterocycles. The minimum atomic E-state index is -4.42. The van der Waals surface area contributed by atoms with Gasteiger partial charge in [-0.05, 0) is 81.5 Å². The molecule has 0 radical (unpaired) electrons. The SMILES string of the molecule is CCOC(=O)CCCCCCCCN1CCC(Nc2cccc3c2cc(C#CCNc2ccc(C(=O)NC)cc2OC)n3CC(F)(F)F)CC1. The molecule has 0 unspecified atom stereocenters. The van der Waals surface area contributed by atoms with Crippen molar-refractivity contribution in [3.8, 4) is 17.6 Å². The van der Waals surface area contributed by atoms with Crippen molar-refractivity contribution >= 4 is 34.2 Å². The van der Waals surface area contributed by atoms with Crippen LogP contribution >= 0.6 is 0 Å². The number of esters is 1. The summed E-state index contributed by atoms with van der Waals surface area (Å²) in [5, 5.41) is 10.0. The number of hydrogen-bond donors (Lipinski definition) is 3. The number of hydrogen-bond acceptors (Lipinski definition) is 7. The number of methoxy groups -OCH3 is 1. The number of benzene rings is 2. The number of alkyl halides is 3. The number of nitrogens with one attached hydrogen (secondary N) is 3. The average Bonchev–Trinajstić information content (AvgIpc) is 3.44. The van der Waals surface area contributed by atoms with Crippen LogP contribution < -0.4 is 20.7 Å². The van der Waals surface area contributed by atoms with E-state index in [0.29, 0.717) is 40.9 Å². The summed E-state index contributed by atoms with van der Waals surface area (Å²) in [6, 6.07) is 12.3. The largest absolute Gasteiger partial charge is 0.495 e. The van der Waals surface area contributed by atoms with Crippen molar-refractivity contribution in [3.63, 3.8) is 0 Å². The molecule has 1 aromatic heterocycles. The minimum Gasteiger partial charge on any atom is -0.495 e. The predicted molar refractivity (Wildman–Crippen MR) is 192 cm³/mol. The highest BCUT2D eigenvalue weighted by molar-refractivity contribution is 5.95. The van der Waals surface area contributed by atoms with Crippen LogP contribution in [0.4, 0.5) is 24.5 Å². The first-order valence-corrected chi connectivity index (χ1v) is 17.6. The number of nitrogens with zero attached hydrogens (tertiary/aromatic N) is 2. The average molecular weight is 698 g/mol. The first kappa shape index (κ1) is 38.4. The number of ether oxygens (including phenoxy) is 2. The van der Waals surface area contributed by atoms with Gasteiger partial charge in [-0.1, -0.05) is 37.7 Å². The Bertz CT molecular complexity index is 1620. The van der Waals surface area contributed by atoms with Gasteiger partial charge in [-0.15, -0.1) is 0 Å². The van der Waals surface area contributed by atoms with E-state index in [9.17, 15) is 22.8 Å². The number of anilines is 2. The van der Waals surface area contributed by atoms with Crippen LogP contribution in [0.5, 0.6) is 5.75 Å². The third kappa shape index (κ3) is 11.6. The number of aromatic nitrogens is 1. The summed E-state index contributed by atoms with van der Waals surface area (Å²) in [6.45, 7) is 4.30. The molecule has 1 aliphatic heterocycles. The number of piperidine rings is 1. The van der Waals surface area contributed by atoms with Crippen LogP contribution in [0.1, 0.15) is 80.8 Å². The minimum absolute atomic E-state index is 0.104. The Kier molecular flexibility index (Phi) is 14.7. The predicted octanol–water partition coefficient (Wildman–Crippen LogP) is 7.21. The molecule has 1 saturated heterocycles. The lowest BCUT2D eigenvalue weighted by Crippen LogP contribution is -2.39. The van der Waals surface area contributed by atoms with Gasteiger partial charge in [0, 0.05) is 49.2 Å². The topological polar surface area (TPSA) is 96.9 Å². The van der Waals surface area contributed by atoms with E-state index in [1.165, 1.54) is 24.5 Å². The molecule has 0 atom stereocenters. The molecule has 4 rings (SSSR count). The van der Waals surface area contributed by atoms with Crippen molar-refractivity contribution in [1.82, 2.24) is 14.8 Å². The maximum atomic E-state index is 13.7. The van der Waals surface area contributed by atoms with Crippen LogP contribution in [0.2, 0.25) is 0 Å². The van der Waals surface area contributed by atoms with Gasteiger partial charge in [0.25, 0.3) is 5.91 Å². The summed E-state index contributed by atoms with van der Waals surface area (Å²) in [6.07, 6.45) is 4.59. The molecular weight excluding hydrogens is 647 g/mol. The molecular formula is C38H50F3N5O4. The summed E-state index contributed by atoms with van der Waals surface area (Å²) in [4.78, 5) is 25.9. The molecule has 1 fully saturated rings. The number of unbranched alkanes of at least 4 members (excludes halogenated alkanes) is 5. The second kappa shape index (κ2) is 19.1. The molecule has 0 saturated carbocycles. The summed E-state index contributed by atoms with van der Waals surface area (Å²) in [7, 11) is 3.04. The van der Waals surface area contributed by atoms with Gasteiger partial charge >= 0.3 is 12.1 Å². The lowest BCUT2D eigenvalue weighted by Gasteiger charge is -2.33. The lowest BCUT2D eigenvalue weighted by molar-refractivity contribution is -0.143. The zero-order valence-corrected chi connectivity index (χ0v) is 29.4. The molecule has 272 valence electrons. The Hall–Kier alpha value is -4.37. The second-order valence-corrected chi connectivity index (χ2v) is 12.6. The van der Waals surface area contributed by atoms with Gasteiger partial charge < -0.3 is 34.9 Å². The Morgan fingerprint density at radius 2 is 1.72 bits per heavy atom. The van der Waals surface area contributed by atoms with Crippen molar-refractivity contribution in [2.24, 2.45) is 0 Å². The van der Waals surface area contributed by atoms with Crippen LogP contribution in [0, 0.1) is 11.8 Å². The molecule has 0 aliphatic carbocycles. The van der Waals surface area contributed by atoms with Crippen molar-refractivity contribution in [3.05, 3.63) is 53.7 Å². The van der Waals surface area contributed by atoms with E-state index in [-0.39, 0.29) is 30.2 Å². The van der Waals surface area contributed by atoms with Gasteiger partial charge in [-0.3, -0.25) is 9.59 Å². The zero-order chi connectivity index (χ0) is 35.9. The van der Waals surface area contributed by atoms with Gasteiger partial charge in [0.2, 0.25) is 0 Å². The van der Waals surface area contributed by atoms with Crippen LogP contribution in [0.25, 0.3) is 10.9 Å². The van der Waals surface area contributed by atoms with Crippen molar-refractivity contribution in [2.75, 3.05) is 57.6 Å². The van der Waals surface area contributed by atoms with E-state index < -0.39 is 12.7 Å². The number of carbonyl (C=O) groups excluding carboxylic acids is 2. The van der Waals surface area contributed by atoms with Crippen molar-refractivity contribution < 1.29 is 32.2 Å². The second-order valence-electron chi connectivity index (χ2n) is 12.6. The molecule has 1 aliphatic rings. The fourth-order valence-electron chi connectivity index (χ4n) is 6.33. The smallest absolute Gasteiger partial charge is 0.406 e.